The van der Waals surface area contributed by atoms with Crippen LogP contribution in [0.4, 0.5) is 13.2 Å². The number of alkyl halides is 3. The van der Waals surface area contributed by atoms with Crippen molar-refractivity contribution in [1.29, 1.82) is 0 Å². The van der Waals surface area contributed by atoms with Gasteiger partial charge in [-0.15, -0.1) is 0 Å². The first-order valence-electron chi connectivity index (χ1n) is 5.48. The molecule has 0 aliphatic heterocycles. The Kier molecular flexibility index (Phi) is 4.74. The number of pyridine rings is 1. The van der Waals surface area contributed by atoms with Crippen LogP contribution in [0.2, 0.25) is 0 Å². The number of esters is 1. The van der Waals surface area contributed by atoms with Crippen LogP contribution in [0.1, 0.15) is 23.7 Å². The lowest BCUT2D eigenvalue weighted by Crippen LogP contribution is -2.20. The fraction of sp³-hybridized carbons (Fsp3) is 0.500. The third kappa shape index (κ3) is 4.76. The van der Waals surface area contributed by atoms with Gasteiger partial charge in [0.1, 0.15) is 12.4 Å². The molecule has 19 heavy (non-hydrogen) atoms. The number of rotatable bonds is 4. The highest BCUT2D eigenvalue weighted by Gasteiger charge is 2.29. The van der Waals surface area contributed by atoms with Gasteiger partial charge in [0.25, 0.3) is 0 Å². The summed E-state index contributed by atoms with van der Waals surface area (Å²) in [6, 6.07) is 0. The molecular weight excluding hydrogens is 263 g/mol. The highest BCUT2D eigenvalue weighted by molar-refractivity contribution is 5.65. The molecule has 0 aliphatic carbocycles. The van der Waals surface area contributed by atoms with Crippen LogP contribution in [-0.4, -0.2) is 23.7 Å². The van der Waals surface area contributed by atoms with Gasteiger partial charge >= 0.3 is 12.1 Å². The molecule has 0 aliphatic rings. The van der Waals surface area contributed by atoms with E-state index in [1.54, 1.807) is 13.8 Å². The molecular formula is C12H14F3NO3. The molecule has 0 saturated heterocycles. The van der Waals surface area contributed by atoms with Gasteiger partial charge < -0.3 is 9.47 Å². The Bertz CT molecular complexity index is 472. The predicted molar refractivity (Wildman–Crippen MR) is 60.7 cm³/mol. The molecule has 1 rings (SSSR count). The molecule has 0 aromatic carbocycles. The van der Waals surface area contributed by atoms with E-state index < -0.39 is 18.8 Å². The number of carbonyl (C=O) groups excluding carboxylic acids is 1. The van der Waals surface area contributed by atoms with Crippen LogP contribution >= 0.6 is 0 Å². The summed E-state index contributed by atoms with van der Waals surface area (Å²) in [5.74, 6) is -0.367. The fourth-order valence-electron chi connectivity index (χ4n) is 1.45. The van der Waals surface area contributed by atoms with Crippen molar-refractivity contribution in [1.82, 2.24) is 4.98 Å². The predicted octanol–water partition coefficient (Wildman–Crippen LogP) is 2.70. The summed E-state index contributed by atoms with van der Waals surface area (Å²) in [6.07, 6.45) is -3.02. The van der Waals surface area contributed by atoms with Gasteiger partial charge in [0.2, 0.25) is 0 Å². The molecule has 1 aromatic heterocycles. The average molecular weight is 277 g/mol. The molecule has 0 unspecified atom stereocenters. The lowest BCUT2D eigenvalue weighted by molar-refractivity contribution is -0.153. The Morgan fingerprint density at radius 1 is 1.37 bits per heavy atom. The first kappa shape index (κ1) is 15.3. The average Bonchev–Trinajstić information content (AvgIpc) is 2.26. The van der Waals surface area contributed by atoms with E-state index >= 15 is 0 Å². The minimum Gasteiger partial charge on any atom is -0.483 e. The van der Waals surface area contributed by atoms with Gasteiger partial charge in [-0.2, -0.15) is 13.2 Å². The number of hydrogen-bond donors (Lipinski definition) is 0. The Hall–Kier alpha value is -1.79. The lowest BCUT2D eigenvalue weighted by Gasteiger charge is -2.15. The highest BCUT2D eigenvalue weighted by atomic mass is 19.4. The van der Waals surface area contributed by atoms with Crippen LogP contribution < -0.4 is 4.74 Å². The van der Waals surface area contributed by atoms with Crippen molar-refractivity contribution in [3.8, 4) is 5.75 Å². The molecule has 0 atom stereocenters. The SMILES string of the molecule is CC(=O)OCc1ncc(C)c(OCC(F)(F)F)c1C. The van der Waals surface area contributed by atoms with Gasteiger partial charge in [0.15, 0.2) is 6.61 Å². The topological polar surface area (TPSA) is 48.4 Å². The van der Waals surface area contributed by atoms with Gasteiger partial charge in [-0.3, -0.25) is 9.78 Å². The van der Waals surface area contributed by atoms with Gasteiger partial charge in [-0.1, -0.05) is 0 Å². The maximum absolute atomic E-state index is 12.1. The van der Waals surface area contributed by atoms with Gasteiger partial charge in [-0.05, 0) is 13.8 Å². The van der Waals surface area contributed by atoms with E-state index in [2.05, 4.69) is 4.98 Å². The molecule has 0 N–H and O–H groups in total. The fourth-order valence-corrected chi connectivity index (χ4v) is 1.45. The normalized spacial score (nSPS) is 11.3. The van der Waals surface area contributed by atoms with Crippen molar-refractivity contribution in [2.75, 3.05) is 6.61 Å². The number of aryl methyl sites for hydroxylation is 1. The molecule has 1 heterocycles. The number of halogens is 3. The standard InChI is InChI=1S/C12H14F3NO3/c1-7-4-16-10(5-18-9(3)17)8(2)11(7)19-6-12(13,14)15/h4H,5-6H2,1-3H3. The minimum absolute atomic E-state index is 0.0934. The Morgan fingerprint density at radius 3 is 2.53 bits per heavy atom. The second kappa shape index (κ2) is 5.90. The quantitative estimate of drug-likeness (QED) is 0.794. The van der Waals surface area contributed by atoms with Crippen molar-refractivity contribution >= 4 is 5.97 Å². The number of nitrogens with zero attached hydrogens (tertiary/aromatic N) is 1. The smallest absolute Gasteiger partial charge is 0.422 e. The number of hydrogen-bond acceptors (Lipinski definition) is 4. The second-order valence-corrected chi connectivity index (χ2v) is 4.03. The van der Waals surface area contributed by atoms with Crippen molar-refractivity contribution in [3.63, 3.8) is 0 Å². The summed E-state index contributed by atoms with van der Waals surface area (Å²) in [5.41, 5.74) is 1.30. The second-order valence-electron chi connectivity index (χ2n) is 4.03. The van der Waals surface area contributed by atoms with E-state index in [0.717, 1.165) is 0 Å². The molecule has 7 heteroatoms. The van der Waals surface area contributed by atoms with Crippen LogP contribution in [0.15, 0.2) is 6.20 Å². The molecule has 4 nitrogen and oxygen atoms in total. The molecule has 0 saturated carbocycles. The Balaban J connectivity index is 2.90. The maximum atomic E-state index is 12.1. The summed E-state index contributed by atoms with van der Waals surface area (Å²) >= 11 is 0. The minimum atomic E-state index is -4.40. The molecule has 0 radical (unpaired) electrons. The first-order chi connectivity index (χ1) is 8.70. The molecule has 0 amide bonds. The summed E-state index contributed by atoms with van der Waals surface area (Å²) in [7, 11) is 0. The van der Waals surface area contributed by atoms with Crippen molar-refractivity contribution < 1.29 is 27.4 Å². The largest absolute Gasteiger partial charge is 0.483 e. The Morgan fingerprint density at radius 2 is 2.00 bits per heavy atom. The molecule has 0 fully saturated rings. The monoisotopic (exact) mass is 277 g/mol. The van der Waals surface area contributed by atoms with E-state index in [1.807, 2.05) is 0 Å². The van der Waals surface area contributed by atoms with Crippen LogP contribution in [0, 0.1) is 13.8 Å². The van der Waals surface area contributed by atoms with E-state index in [1.165, 1.54) is 13.1 Å². The highest BCUT2D eigenvalue weighted by Crippen LogP contribution is 2.27. The van der Waals surface area contributed by atoms with E-state index in [4.69, 9.17) is 9.47 Å². The molecule has 106 valence electrons. The van der Waals surface area contributed by atoms with Gasteiger partial charge in [-0.25, -0.2) is 0 Å². The van der Waals surface area contributed by atoms with Crippen LogP contribution in [0.5, 0.6) is 5.75 Å². The lowest BCUT2D eigenvalue weighted by atomic mass is 10.1. The van der Waals surface area contributed by atoms with Crippen LogP contribution in [0.25, 0.3) is 0 Å². The first-order valence-corrected chi connectivity index (χ1v) is 5.48. The zero-order chi connectivity index (χ0) is 14.6. The third-order valence-corrected chi connectivity index (χ3v) is 2.34. The Labute approximate surface area is 108 Å². The number of aromatic nitrogens is 1. The van der Waals surface area contributed by atoms with E-state index in [0.29, 0.717) is 16.8 Å². The number of carbonyl (C=O) groups is 1. The van der Waals surface area contributed by atoms with Gasteiger partial charge in [0, 0.05) is 24.2 Å². The summed E-state index contributed by atoms with van der Waals surface area (Å²) in [5, 5.41) is 0. The zero-order valence-electron chi connectivity index (χ0n) is 10.8. The van der Waals surface area contributed by atoms with Crippen molar-refractivity contribution in [3.05, 3.63) is 23.0 Å². The molecule has 0 bridgehead atoms. The van der Waals surface area contributed by atoms with Crippen LogP contribution in [0.3, 0.4) is 0 Å². The van der Waals surface area contributed by atoms with Crippen molar-refractivity contribution in [2.45, 2.75) is 33.6 Å². The summed E-state index contributed by atoms with van der Waals surface area (Å²) in [4.78, 5) is 14.7. The van der Waals surface area contributed by atoms with Crippen LogP contribution in [-0.2, 0) is 16.1 Å². The maximum Gasteiger partial charge on any atom is 0.422 e. The number of ether oxygens (including phenoxy) is 2. The van der Waals surface area contributed by atoms with Crippen molar-refractivity contribution in [2.24, 2.45) is 0 Å². The van der Waals surface area contributed by atoms with E-state index in [9.17, 15) is 18.0 Å². The summed E-state index contributed by atoms with van der Waals surface area (Å²) in [6.45, 7) is 2.95. The molecule has 0 spiro atoms. The molecule has 1 aromatic rings. The third-order valence-electron chi connectivity index (χ3n) is 2.34. The van der Waals surface area contributed by atoms with E-state index in [-0.39, 0.29) is 12.4 Å². The zero-order valence-corrected chi connectivity index (χ0v) is 10.8. The summed E-state index contributed by atoms with van der Waals surface area (Å²) < 4.78 is 46.0. The van der Waals surface area contributed by atoms with Gasteiger partial charge in [0.05, 0.1) is 5.69 Å².